The van der Waals surface area contributed by atoms with Gasteiger partial charge in [-0.25, -0.2) is 9.59 Å². The topological polar surface area (TPSA) is 77.2 Å². The summed E-state index contributed by atoms with van der Waals surface area (Å²) in [6.07, 6.45) is -0.492. The molecule has 0 aliphatic carbocycles. The van der Waals surface area contributed by atoms with E-state index in [2.05, 4.69) is 11.9 Å². The highest BCUT2D eigenvalue weighted by Crippen LogP contribution is 2.08. The van der Waals surface area contributed by atoms with Crippen molar-refractivity contribution in [1.82, 2.24) is 5.32 Å². The van der Waals surface area contributed by atoms with Crippen molar-refractivity contribution >= 4 is 12.1 Å². The first kappa shape index (κ1) is 12.5. The van der Waals surface area contributed by atoms with Crippen LogP contribution >= 0.6 is 0 Å². The highest BCUT2D eigenvalue weighted by atomic mass is 16.6. The molecule has 1 aliphatic rings. The van der Waals surface area contributed by atoms with E-state index >= 15 is 0 Å². The maximum absolute atomic E-state index is 11.0. The van der Waals surface area contributed by atoms with Crippen LogP contribution in [-0.2, 0) is 19.0 Å². The van der Waals surface area contributed by atoms with Crippen molar-refractivity contribution in [2.24, 2.45) is 0 Å². The minimum atomic E-state index is -0.540. The molecule has 6 heteroatoms. The van der Waals surface area contributed by atoms with Gasteiger partial charge in [0.05, 0.1) is 13.2 Å². The van der Waals surface area contributed by atoms with Gasteiger partial charge in [0, 0.05) is 5.57 Å². The molecule has 1 amide bonds. The Hall–Kier alpha value is -1.56. The maximum Gasteiger partial charge on any atom is 0.407 e. The Kier molecular flexibility index (Phi) is 4.78. The fourth-order valence-electron chi connectivity index (χ4n) is 0.804. The van der Waals surface area contributed by atoms with Crippen molar-refractivity contribution in [2.45, 2.75) is 13.0 Å². The summed E-state index contributed by atoms with van der Waals surface area (Å²) in [5.74, 6) is -0.471. The van der Waals surface area contributed by atoms with Crippen molar-refractivity contribution in [3.63, 3.8) is 0 Å². The highest BCUT2D eigenvalue weighted by Gasteiger charge is 2.24. The standard InChI is InChI=1S/C10H15NO5/c1-7(2)9(12)14-4-3-11-10(13)16-6-8-5-15-8/h8H,1,3-6H2,2H3,(H,11,13). The van der Waals surface area contributed by atoms with E-state index in [0.717, 1.165) is 0 Å². The maximum atomic E-state index is 11.0. The lowest BCUT2D eigenvalue weighted by Gasteiger charge is -2.06. The first-order chi connectivity index (χ1) is 7.59. The summed E-state index contributed by atoms with van der Waals surface area (Å²) in [5, 5.41) is 2.44. The molecule has 1 N–H and O–H groups in total. The second kappa shape index (κ2) is 6.12. The zero-order valence-corrected chi connectivity index (χ0v) is 9.15. The van der Waals surface area contributed by atoms with E-state index in [-0.39, 0.29) is 25.9 Å². The van der Waals surface area contributed by atoms with E-state index in [1.807, 2.05) is 0 Å². The lowest BCUT2D eigenvalue weighted by Crippen LogP contribution is -2.29. The van der Waals surface area contributed by atoms with Crippen LogP contribution in [0.25, 0.3) is 0 Å². The third-order valence-corrected chi connectivity index (χ3v) is 1.76. The Morgan fingerprint density at radius 3 is 2.75 bits per heavy atom. The normalized spacial score (nSPS) is 17.4. The predicted octanol–water partition coefficient (Wildman–Crippen LogP) is 0.231. The van der Waals surface area contributed by atoms with Crippen molar-refractivity contribution < 1.29 is 23.8 Å². The average molecular weight is 229 g/mol. The summed E-state index contributed by atoms with van der Waals surface area (Å²) < 4.78 is 14.4. The van der Waals surface area contributed by atoms with Crippen LogP contribution < -0.4 is 5.32 Å². The van der Waals surface area contributed by atoms with Gasteiger partial charge in [0.25, 0.3) is 0 Å². The second-order valence-electron chi connectivity index (χ2n) is 3.40. The Bertz CT molecular complexity index is 285. The van der Waals surface area contributed by atoms with Gasteiger partial charge in [-0.05, 0) is 6.92 Å². The molecule has 0 aromatic rings. The number of nitrogens with one attached hydrogen (secondary N) is 1. The molecule has 0 aromatic carbocycles. The summed E-state index contributed by atoms with van der Waals surface area (Å²) in [4.78, 5) is 21.9. The molecule has 0 aromatic heterocycles. The van der Waals surface area contributed by atoms with Crippen LogP contribution in [0.3, 0.4) is 0 Å². The minimum Gasteiger partial charge on any atom is -0.460 e. The van der Waals surface area contributed by atoms with Crippen molar-refractivity contribution in [1.29, 1.82) is 0 Å². The van der Waals surface area contributed by atoms with Crippen LogP contribution in [0.5, 0.6) is 0 Å². The van der Waals surface area contributed by atoms with E-state index in [1.54, 1.807) is 6.92 Å². The molecule has 16 heavy (non-hydrogen) atoms. The van der Waals surface area contributed by atoms with Crippen LogP contribution in [0.2, 0.25) is 0 Å². The molecule has 90 valence electrons. The summed E-state index contributed by atoms with van der Waals surface area (Å²) in [5.41, 5.74) is 0.327. The van der Waals surface area contributed by atoms with E-state index in [0.29, 0.717) is 12.2 Å². The first-order valence-corrected chi connectivity index (χ1v) is 4.94. The van der Waals surface area contributed by atoms with Crippen molar-refractivity contribution in [3.05, 3.63) is 12.2 Å². The number of amides is 1. The number of esters is 1. The molecule has 1 heterocycles. The Morgan fingerprint density at radius 2 is 2.19 bits per heavy atom. The third kappa shape index (κ3) is 5.35. The zero-order chi connectivity index (χ0) is 12.0. The van der Waals surface area contributed by atoms with Crippen LogP contribution in [0, 0.1) is 0 Å². The first-order valence-electron chi connectivity index (χ1n) is 4.94. The Labute approximate surface area is 93.5 Å². The number of carbonyl (C=O) groups excluding carboxylic acids is 2. The van der Waals surface area contributed by atoms with E-state index in [1.165, 1.54) is 0 Å². The van der Waals surface area contributed by atoms with Gasteiger partial charge in [0.15, 0.2) is 0 Å². The molecule has 1 fully saturated rings. The molecule has 1 saturated heterocycles. The van der Waals surface area contributed by atoms with Crippen LogP contribution in [-0.4, -0.2) is 44.5 Å². The van der Waals surface area contributed by atoms with Gasteiger partial charge in [-0.2, -0.15) is 0 Å². The number of epoxide rings is 1. The van der Waals surface area contributed by atoms with E-state index < -0.39 is 12.1 Å². The lowest BCUT2D eigenvalue weighted by molar-refractivity contribution is -0.138. The number of rotatable bonds is 6. The molecular weight excluding hydrogens is 214 g/mol. The van der Waals surface area contributed by atoms with Gasteiger partial charge in [-0.15, -0.1) is 0 Å². The van der Waals surface area contributed by atoms with Gasteiger partial charge >= 0.3 is 12.1 Å². The molecule has 1 unspecified atom stereocenters. The zero-order valence-electron chi connectivity index (χ0n) is 9.15. The Balaban J connectivity index is 1.94. The van der Waals surface area contributed by atoms with Crippen LogP contribution in [0.4, 0.5) is 4.79 Å². The lowest BCUT2D eigenvalue weighted by atomic mass is 10.4. The molecule has 1 aliphatic heterocycles. The predicted molar refractivity (Wildman–Crippen MR) is 54.9 cm³/mol. The summed E-state index contributed by atoms with van der Waals surface area (Å²) in [6, 6.07) is 0. The summed E-state index contributed by atoms with van der Waals surface area (Å²) >= 11 is 0. The number of hydrogen-bond acceptors (Lipinski definition) is 5. The van der Waals surface area contributed by atoms with Crippen molar-refractivity contribution in [3.8, 4) is 0 Å². The molecule has 0 spiro atoms. The molecule has 1 atom stereocenters. The number of alkyl carbamates (subject to hydrolysis) is 1. The van der Waals surface area contributed by atoms with Gasteiger partial charge < -0.3 is 19.5 Å². The number of hydrogen-bond donors (Lipinski definition) is 1. The molecule has 0 saturated carbocycles. The highest BCUT2D eigenvalue weighted by molar-refractivity contribution is 5.86. The molecule has 1 rings (SSSR count). The fourth-order valence-corrected chi connectivity index (χ4v) is 0.804. The SMILES string of the molecule is C=C(C)C(=O)OCCNC(=O)OCC1CO1. The van der Waals surface area contributed by atoms with Gasteiger partial charge in [-0.3, -0.25) is 0 Å². The van der Waals surface area contributed by atoms with E-state index in [9.17, 15) is 9.59 Å². The van der Waals surface area contributed by atoms with Gasteiger partial charge in [0.2, 0.25) is 0 Å². The third-order valence-electron chi connectivity index (χ3n) is 1.76. The number of carbonyl (C=O) groups is 2. The van der Waals surface area contributed by atoms with Crippen molar-refractivity contribution in [2.75, 3.05) is 26.4 Å². The minimum absolute atomic E-state index is 0.0481. The van der Waals surface area contributed by atoms with Gasteiger partial charge in [-0.1, -0.05) is 6.58 Å². The number of ether oxygens (including phenoxy) is 3. The van der Waals surface area contributed by atoms with Gasteiger partial charge in [0.1, 0.15) is 19.3 Å². The van der Waals surface area contributed by atoms with Crippen LogP contribution in [0.15, 0.2) is 12.2 Å². The Morgan fingerprint density at radius 1 is 1.50 bits per heavy atom. The second-order valence-corrected chi connectivity index (χ2v) is 3.40. The van der Waals surface area contributed by atoms with Crippen LogP contribution in [0.1, 0.15) is 6.92 Å². The summed E-state index contributed by atoms with van der Waals surface area (Å²) in [7, 11) is 0. The smallest absolute Gasteiger partial charge is 0.407 e. The fraction of sp³-hybridized carbons (Fsp3) is 0.600. The molecule has 0 radical (unpaired) electrons. The molecule has 6 nitrogen and oxygen atoms in total. The largest absolute Gasteiger partial charge is 0.460 e. The van der Waals surface area contributed by atoms with E-state index in [4.69, 9.17) is 14.2 Å². The average Bonchev–Trinajstić information content (AvgIpc) is 3.04. The monoisotopic (exact) mass is 229 g/mol. The molecule has 0 bridgehead atoms. The summed E-state index contributed by atoms with van der Waals surface area (Å²) in [6.45, 7) is 6.19. The molecular formula is C10H15NO5. The quantitative estimate of drug-likeness (QED) is 0.305.